The van der Waals surface area contributed by atoms with Crippen LogP contribution in [0, 0.1) is 11.8 Å². The number of nitrogens with zero attached hydrogens (tertiary/aromatic N) is 1. The summed E-state index contributed by atoms with van der Waals surface area (Å²) in [7, 11) is 1.48. The molecule has 1 rings (SSSR count). The molecule has 0 aromatic heterocycles. The number of esters is 2. The molecule has 206 valence electrons. The Morgan fingerprint density at radius 2 is 1.81 bits per heavy atom. The molecular weight excluding hydrogens is 537 g/mol. The molecule has 2 N–H and O–H groups in total. The normalized spacial score (nSPS) is 19.9. The minimum Gasteiger partial charge on any atom is -0.460 e. The Hall–Kier alpha value is -1.59. The van der Waals surface area contributed by atoms with E-state index in [1.54, 1.807) is 39.8 Å². The van der Waals surface area contributed by atoms with E-state index in [0.29, 0.717) is 19.4 Å². The number of rotatable bonds is 11. The molecule has 0 unspecified atom stereocenters. The van der Waals surface area contributed by atoms with Crippen LogP contribution in [0.4, 0.5) is 0 Å². The van der Waals surface area contributed by atoms with Gasteiger partial charge in [0.05, 0.1) is 12.0 Å². The molecule has 0 spiro atoms. The SMILES string of the molecule is CC=C[C@@H](OC)[C@@H](C)C(=O)O[C@H](C(=O)N[C@@H](C)C(=O)N1CCC[C@@H](C(=O)OCC(Cl)(Cl)Cl)N1)C(C)C. The van der Waals surface area contributed by atoms with Crippen molar-refractivity contribution in [3.63, 3.8) is 0 Å². The minimum absolute atomic E-state index is 0.316. The number of amides is 2. The monoisotopic (exact) mass is 571 g/mol. The number of hydrogen-bond donors (Lipinski definition) is 2. The summed E-state index contributed by atoms with van der Waals surface area (Å²) in [6, 6.07) is -1.78. The minimum atomic E-state index is -1.75. The van der Waals surface area contributed by atoms with Gasteiger partial charge in [-0.05, 0) is 39.5 Å². The molecule has 0 aromatic carbocycles. The van der Waals surface area contributed by atoms with E-state index in [2.05, 4.69) is 10.7 Å². The van der Waals surface area contributed by atoms with Gasteiger partial charge in [-0.3, -0.25) is 24.2 Å². The van der Waals surface area contributed by atoms with Crippen molar-refractivity contribution in [2.24, 2.45) is 11.8 Å². The molecule has 0 saturated carbocycles. The van der Waals surface area contributed by atoms with Crippen molar-refractivity contribution >= 4 is 58.6 Å². The number of hydrogen-bond acceptors (Lipinski definition) is 8. The van der Waals surface area contributed by atoms with Crippen LogP contribution in [-0.2, 0) is 33.4 Å². The fourth-order valence-corrected chi connectivity index (χ4v) is 3.62. The Bertz CT molecular complexity index is 804. The van der Waals surface area contributed by atoms with E-state index in [9.17, 15) is 19.2 Å². The number of alkyl halides is 3. The molecule has 13 heteroatoms. The van der Waals surface area contributed by atoms with Gasteiger partial charge in [-0.1, -0.05) is 60.8 Å². The van der Waals surface area contributed by atoms with Crippen LogP contribution < -0.4 is 10.7 Å². The predicted octanol–water partition coefficient (Wildman–Crippen LogP) is 2.70. The van der Waals surface area contributed by atoms with E-state index in [0.717, 1.165) is 0 Å². The second kappa shape index (κ2) is 15.0. The highest BCUT2D eigenvalue weighted by Crippen LogP contribution is 2.26. The Kier molecular flexibility index (Phi) is 13.5. The number of carbonyl (C=O) groups is 4. The highest BCUT2D eigenvalue weighted by atomic mass is 35.6. The lowest BCUT2D eigenvalue weighted by molar-refractivity contribution is -0.165. The van der Waals surface area contributed by atoms with Crippen LogP contribution in [0.25, 0.3) is 0 Å². The lowest BCUT2D eigenvalue weighted by Crippen LogP contribution is -2.60. The van der Waals surface area contributed by atoms with Crippen molar-refractivity contribution in [3.05, 3.63) is 12.2 Å². The van der Waals surface area contributed by atoms with Gasteiger partial charge in [-0.15, -0.1) is 0 Å². The molecule has 1 saturated heterocycles. The van der Waals surface area contributed by atoms with Gasteiger partial charge >= 0.3 is 11.9 Å². The van der Waals surface area contributed by atoms with Gasteiger partial charge in [0.2, 0.25) is 3.79 Å². The van der Waals surface area contributed by atoms with Crippen molar-refractivity contribution in [3.8, 4) is 0 Å². The molecule has 1 fully saturated rings. The summed E-state index contributed by atoms with van der Waals surface area (Å²) in [5, 5.41) is 3.84. The topological polar surface area (TPSA) is 123 Å². The molecule has 5 atom stereocenters. The highest BCUT2D eigenvalue weighted by molar-refractivity contribution is 6.67. The van der Waals surface area contributed by atoms with Crippen molar-refractivity contribution in [1.82, 2.24) is 15.8 Å². The van der Waals surface area contributed by atoms with Gasteiger partial charge in [0.1, 0.15) is 18.7 Å². The summed E-state index contributed by atoms with van der Waals surface area (Å²) in [6.45, 7) is 8.30. The lowest BCUT2D eigenvalue weighted by Gasteiger charge is -2.34. The first kappa shape index (κ1) is 32.4. The first-order valence-electron chi connectivity index (χ1n) is 11.7. The van der Waals surface area contributed by atoms with Crippen LogP contribution in [-0.4, -0.2) is 77.1 Å². The molecule has 1 aliphatic heterocycles. The van der Waals surface area contributed by atoms with Gasteiger partial charge in [-0.2, -0.15) is 0 Å². The smallest absolute Gasteiger partial charge is 0.325 e. The van der Waals surface area contributed by atoms with Crippen LogP contribution in [0.3, 0.4) is 0 Å². The third-order valence-corrected chi connectivity index (χ3v) is 5.80. The molecular formula is C23H36Cl3N3O7. The molecule has 1 heterocycles. The summed E-state index contributed by atoms with van der Waals surface area (Å²) in [4.78, 5) is 50.8. The fraction of sp³-hybridized carbons (Fsp3) is 0.739. The zero-order valence-electron chi connectivity index (χ0n) is 21.4. The average Bonchev–Trinajstić information content (AvgIpc) is 2.82. The maximum atomic E-state index is 12.9. The van der Waals surface area contributed by atoms with Crippen LogP contribution >= 0.6 is 34.8 Å². The molecule has 2 amide bonds. The first-order chi connectivity index (χ1) is 16.7. The Morgan fingerprint density at radius 3 is 2.33 bits per heavy atom. The molecule has 0 aromatic rings. The standard InChI is InChI=1S/C23H36Cl3N3O7/c1-7-9-17(34-6)14(4)21(32)36-18(13(2)3)19(30)27-15(5)20(31)29-11-8-10-16(28-29)22(33)35-12-23(24,25)26/h7,9,13-18,28H,8,10-12H2,1-6H3,(H,27,30)/t14-,15+,16+,17-,18+/m1/s1. The summed E-state index contributed by atoms with van der Waals surface area (Å²) >= 11 is 16.8. The van der Waals surface area contributed by atoms with Crippen LogP contribution in [0.15, 0.2) is 12.2 Å². The number of nitrogens with one attached hydrogen (secondary N) is 2. The molecule has 0 aliphatic carbocycles. The molecule has 10 nitrogen and oxygen atoms in total. The fourth-order valence-electron chi connectivity index (χ4n) is 3.46. The van der Waals surface area contributed by atoms with E-state index in [1.807, 2.05) is 0 Å². The molecule has 0 bridgehead atoms. The van der Waals surface area contributed by atoms with E-state index in [-0.39, 0.29) is 5.92 Å². The summed E-state index contributed by atoms with van der Waals surface area (Å²) in [5.41, 5.74) is 2.80. The van der Waals surface area contributed by atoms with E-state index in [1.165, 1.54) is 19.0 Å². The first-order valence-corrected chi connectivity index (χ1v) is 12.8. The van der Waals surface area contributed by atoms with Gasteiger partial charge in [0, 0.05) is 13.7 Å². The third kappa shape index (κ3) is 10.4. The maximum absolute atomic E-state index is 12.9. The quantitative estimate of drug-likeness (QED) is 0.220. The molecule has 36 heavy (non-hydrogen) atoms. The summed E-state index contributed by atoms with van der Waals surface area (Å²) in [6.07, 6.45) is 2.81. The van der Waals surface area contributed by atoms with Gasteiger partial charge in [0.15, 0.2) is 6.10 Å². The maximum Gasteiger partial charge on any atom is 0.325 e. The summed E-state index contributed by atoms with van der Waals surface area (Å²) in [5.74, 6) is -3.34. The average molecular weight is 573 g/mol. The largest absolute Gasteiger partial charge is 0.460 e. The third-order valence-electron chi connectivity index (χ3n) is 5.47. The van der Waals surface area contributed by atoms with Crippen LogP contribution in [0.2, 0.25) is 0 Å². The predicted molar refractivity (Wildman–Crippen MR) is 136 cm³/mol. The van der Waals surface area contributed by atoms with E-state index < -0.39 is 64.4 Å². The Labute approximate surface area is 227 Å². The Morgan fingerprint density at radius 1 is 1.17 bits per heavy atom. The number of ether oxygens (including phenoxy) is 3. The number of halogens is 3. The van der Waals surface area contributed by atoms with Gasteiger partial charge in [-0.25, -0.2) is 5.43 Å². The van der Waals surface area contributed by atoms with Crippen molar-refractivity contribution in [2.45, 2.75) is 75.5 Å². The number of hydrazine groups is 1. The lowest BCUT2D eigenvalue weighted by atomic mass is 10.0. The van der Waals surface area contributed by atoms with E-state index in [4.69, 9.17) is 49.0 Å². The zero-order valence-corrected chi connectivity index (χ0v) is 23.7. The van der Waals surface area contributed by atoms with Crippen LogP contribution in [0.1, 0.15) is 47.5 Å². The Balaban J connectivity index is 2.76. The number of carbonyl (C=O) groups excluding carboxylic acids is 4. The number of methoxy groups -OCH3 is 1. The van der Waals surface area contributed by atoms with Crippen molar-refractivity contribution in [2.75, 3.05) is 20.3 Å². The highest BCUT2D eigenvalue weighted by Gasteiger charge is 2.35. The second-order valence-corrected chi connectivity index (χ2v) is 11.4. The number of allylic oxidation sites excluding steroid dienone is 1. The molecule has 0 radical (unpaired) electrons. The zero-order chi connectivity index (χ0) is 27.6. The second-order valence-electron chi connectivity index (χ2n) is 8.88. The van der Waals surface area contributed by atoms with Crippen LogP contribution in [0.5, 0.6) is 0 Å². The van der Waals surface area contributed by atoms with Gasteiger partial charge < -0.3 is 19.5 Å². The van der Waals surface area contributed by atoms with Crippen molar-refractivity contribution < 1.29 is 33.4 Å². The molecule has 1 aliphatic rings. The van der Waals surface area contributed by atoms with E-state index >= 15 is 0 Å². The summed E-state index contributed by atoms with van der Waals surface area (Å²) < 4.78 is 14.0. The van der Waals surface area contributed by atoms with Crippen molar-refractivity contribution in [1.29, 1.82) is 0 Å². The van der Waals surface area contributed by atoms with Gasteiger partial charge in [0.25, 0.3) is 11.8 Å².